The average Bonchev–Trinajstić information content (AvgIpc) is 3.01. The van der Waals surface area contributed by atoms with Crippen molar-refractivity contribution in [3.63, 3.8) is 0 Å². The first-order valence-electron chi connectivity index (χ1n) is 7.46. The lowest BCUT2D eigenvalue weighted by molar-refractivity contribution is -0.118. The van der Waals surface area contributed by atoms with E-state index < -0.39 is 0 Å². The Morgan fingerprint density at radius 3 is 2.78 bits per heavy atom. The number of aryl methyl sites for hydroxylation is 1. The Hall–Kier alpha value is -2.46. The molecule has 2 aromatic rings. The summed E-state index contributed by atoms with van der Waals surface area (Å²) in [4.78, 5) is 11.8. The van der Waals surface area contributed by atoms with Gasteiger partial charge in [0.05, 0.1) is 11.6 Å². The zero-order chi connectivity index (χ0) is 16.5. The molecule has 1 heterocycles. The molecule has 0 saturated heterocycles. The maximum absolute atomic E-state index is 11.8. The fourth-order valence-electron chi connectivity index (χ4n) is 1.86. The van der Waals surface area contributed by atoms with Gasteiger partial charge in [-0.15, -0.1) is 10.2 Å². The van der Waals surface area contributed by atoms with E-state index in [1.165, 1.54) is 17.8 Å². The fraction of sp³-hybridized carbons (Fsp3) is 0.375. The number of amides is 1. The monoisotopic (exact) mass is 330 g/mol. The Bertz CT molecular complexity index is 676. The molecular weight excluding hydrogens is 312 g/mol. The number of carbonyl (C=O) groups excluding carboxylic acids is 1. The second-order valence-corrected chi connectivity index (χ2v) is 5.99. The summed E-state index contributed by atoms with van der Waals surface area (Å²) in [5.74, 6) is 0.252. The smallest absolute Gasteiger partial charge is 0.264 e. The van der Waals surface area contributed by atoms with Gasteiger partial charge in [-0.25, -0.2) is 0 Å². The number of ether oxygens (including phenoxy) is 1. The second kappa shape index (κ2) is 8.86. The number of hydrogen-bond donors (Lipinski definition) is 1. The van der Waals surface area contributed by atoms with Gasteiger partial charge in [0.2, 0.25) is 5.13 Å². The van der Waals surface area contributed by atoms with E-state index in [0.717, 1.165) is 24.3 Å². The number of hydrogen-bond acceptors (Lipinski definition) is 6. The molecule has 120 valence electrons. The van der Waals surface area contributed by atoms with Crippen molar-refractivity contribution in [2.24, 2.45) is 0 Å². The van der Waals surface area contributed by atoms with E-state index in [4.69, 9.17) is 10.00 Å². The number of nitrogens with zero attached hydrogens (tertiary/aromatic N) is 3. The SMILES string of the molecule is CCCCCc1nnc(NC(=O)COc2ccc(C#N)cc2)s1. The number of unbranched alkanes of at least 4 members (excludes halogenated alkanes) is 2. The highest BCUT2D eigenvalue weighted by molar-refractivity contribution is 7.15. The van der Waals surface area contributed by atoms with Crippen LogP contribution < -0.4 is 10.1 Å². The van der Waals surface area contributed by atoms with Crippen LogP contribution in [0.2, 0.25) is 0 Å². The fourth-order valence-corrected chi connectivity index (χ4v) is 2.66. The van der Waals surface area contributed by atoms with Crippen molar-refractivity contribution in [3.8, 4) is 11.8 Å². The Morgan fingerprint density at radius 2 is 2.09 bits per heavy atom. The summed E-state index contributed by atoms with van der Waals surface area (Å²) >= 11 is 1.39. The third-order valence-corrected chi connectivity index (χ3v) is 3.96. The molecule has 2 rings (SSSR count). The van der Waals surface area contributed by atoms with E-state index in [1.807, 2.05) is 6.07 Å². The van der Waals surface area contributed by atoms with Gasteiger partial charge in [0.15, 0.2) is 6.61 Å². The summed E-state index contributed by atoms with van der Waals surface area (Å²) in [7, 11) is 0. The molecule has 0 aliphatic carbocycles. The van der Waals surface area contributed by atoms with E-state index in [0.29, 0.717) is 16.4 Å². The molecule has 0 unspecified atom stereocenters. The molecule has 1 aromatic carbocycles. The van der Waals surface area contributed by atoms with Crippen LogP contribution in [0.3, 0.4) is 0 Å². The molecular formula is C16H18N4O2S. The summed E-state index contributed by atoms with van der Waals surface area (Å²) in [5.41, 5.74) is 0.547. The van der Waals surface area contributed by atoms with E-state index in [2.05, 4.69) is 22.4 Å². The molecule has 0 aliphatic rings. The summed E-state index contributed by atoms with van der Waals surface area (Å²) in [5, 5.41) is 20.8. The van der Waals surface area contributed by atoms with E-state index in [9.17, 15) is 4.79 Å². The molecule has 7 heteroatoms. The second-order valence-electron chi connectivity index (χ2n) is 4.93. The van der Waals surface area contributed by atoms with Crippen molar-refractivity contribution in [1.29, 1.82) is 5.26 Å². The zero-order valence-electron chi connectivity index (χ0n) is 12.9. The Labute approximate surface area is 139 Å². The van der Waals surface area contributed by atoms with E-state index >= 15 is 0 Å². The molecule has 0 saturated carbocycles. The maximum Gasteiger partial charge on any atom is 0.264 e. The van der Waals surface area contributed by atoms with Gasteiger partial charge in [-0.2, -0.15) is 5.26 Å². The third-order valence-electron chi connectivity index (χ3n) is 3.06. The highest BCUT2D eigenvalue weighted by atomic mass is 32.1. The first kappa shape index (κ1) is 16.9. The van der Waals surface area contributed by atoms with Crippen LogP contribution in [0.5, 0.6) is 5.75 Å². The molecule has 0 bridgehead atoms. The van der Waals surface area contributed by atoms with Crippen molar-refractivity contribution in [2.75, 3.05) is 11.9 Å². The minimum atomic E-state index is -0.286. The largest absolute Gasteiger partial charge is 0.484 e. The molecule has 0 fully saturated rings. The highest BCUT2D eigenvalue weighted by Crippen LogP contribution is 2.17. The quantitative estimate of drug-likeness (QED) is 0.751. The Morgan fingerprint density at radius 1 is 1.30 bits per heavy atom. The molecule has 0 atom stereocenters. The lowest BCUT2D eigenvalue weighted by Crippen LogP contribution is -2.20. The van der Waals surface area contributed by atoms with Crippen LogP contribution in [0.1, 0.15) is 36.8 Å². The first-order chi connectivity index (χ1) is 11.2. The van der Waals surface area contributed by atoms with Crippen LogP contribution in [0.4, 0.5) is 5.13 Å². The lowest BCUT2D eigenvalue weighted by Gasteiger charge is -2.05. The maximum atomic E-state index is 11.8. The topological polar surface area (TPSA) is 87.9 Å². The lowest BCUT2D eigenvalue weighted by atomic mass is 10.2. The van der Waals surface area contributed by atoms with E-state index in [-0.39, 0.29) is 12.5 Å². The van der Waals surface area contributed by atoms with Crippen molar-refractivity contribution in [1.82, 2.24) is 10.2 Å². The molecule has 1 aromatic heterocycles. The van der Waals surface area contributed by atoms with Crippen LogP contribution in [-0.2, 0) is 11.2 Å². The standard InChI is InChI=1S/C16H18N4O2S/c1-2-3-4-5-15-19-20-16(23-15)18-14(21)11-22-13-8-6-12(10-17)7-9-13/h6-9H,2-5,11H2,1H3,(H,18,20,21). The Kier molecular flexibility index (Phi) is 6.51. The summed E-state index contributed by atoms with van der Waals surface area (Å²) in [6.45, 7) is 2.04. The van der Waals surface area contributed by atoms with Gasteiger partial charge in [-0.3, -0.25) is 10.1 Å². The summed E-state index contributed by atoms with van der Waals surface area (Å²) in [6, 6.07) is 8.61. The van der Waals surface area contributed by atoms with Gasteiger partial charge >= 0.3 is 0 Å². The van der Waals surface area contributed by atoms with E-state index in [1.54, 1.807) is 24.3 Å². The number of nitriles is 1. The van der Waals surface area contributed by atoms with Gasteiger partial charge in [-0.1, -0.05) is 31.1 Å². The van der Waals surface area contributed by atoms with Crippen LogP contribution in [0, 0.1) is 11.3 Å². The predicted octanol–water partition coefficient (Wildman–Crippen LogP) is 3.16. The molecule has 1 N–H and O–H groups in total. The average molecular weight is 330 g/mol. The van der Waals surface area contributed by atoms with Crippen LogP contribution in [-0.4, -0.2) is 22.7 Å². The number of anilines is 1. The van der Waals surface area contributed by atoms with Gasteiger partial charge in [0, 0.05) is 6.42 Å². The molecule has 6 nitrogen and oxygen atoms in total. The van der Waals surface area contributed by atoms with Crippen LogP contribution in [0.25, 0.3) is 0 Å². The Balaban J connectivity index is 1.77. The first-order valence-corrected chi connectivity index (χ1v) is 8.28. The molecule has 0 spiro atoms. The molecule has 23 heavy (non-hydrogen) atoms. The van der Waals surface area contributed by atoms with Crippen LogP contribution >= 0.6 is 11.3 Å². The number of aromatic nitrogens is 2. The predicted molar refractivity (Wildman–Crippen MR) is 88.4 cm³/mol. The number of rotatable bonds is 8. The van der Waals surface area contributed by atoms with Gasteiger partial charge < -0.3 is 4.74 Å². The number of benzene rings is 1. The summed E-state index contributed by atoms with van der Waals surface area (Å²) < 4.78 is 5.36. The molecule has 0 radical (unpaired) electrons. The van der Waals surface area contributed by atoms with Crippen molar-refractivity contribution >= 4 is 22.4 Å². The van der Waals surface area contributed by atoms with Crippen molar-refractivity contribution in [3.05, 3.63) is 34.8 Å². The highest BCUT2D eigenvalue weighted by Gasteiger charge is 2.09. The third kappa shape index (κ3) is 5.68. The normalized spacial score (nSPS) is 10.1. The van der Waals surface area contributed by atoms with Gasteiger partial charge in [-0.05, 0) is 30.7 Å². The van der Waals surface area contributed by atoms with Gasteiger partial charge in [0.25, 0.3) is 5.91 Å². The molecule has 1 amide bonds. The van der Waals surface area contributed by atoms with Gasteiger partial charge in [0.1, 0.15) is 10.8 Å². The van der Waals surface area contributed by atoms with Crippen LogP contribution in [0.15, 0.2) is 24.3 Å². The number of carbonyl (C=O) groups is 1. The molecule has 0 aliphatic heterocycles. The minimum absolute atomic E-state index is 0.114. The van der Waals surface area contributed by atoms with Crippen molar-refractivity contribution < 1.29 is 9.53 Å². The summed E-state index contributed by atoms with van der Waals surface area (Å²) in [6.07, 6.45) is 4.30. The minimum Gasteiger partial charge on any atom is -0.484 e. The zero-order valence-corrected chi connectivity index (χ0v) is 13.7. The number of nitrogens with one attached hydrogen (secondary N) is 1. The van der Waals surface area contributed by atoms with Crippen molar-refractivity contribution in [2.45, 2.75) is 32.6 Å².